The highest BCUT2D eigenvalue weighted by Crippen LogP contribution is 2.43. The summed E-state index contributed by atoms with van der Waals surface area (Å²) in [6.07, 6.45) is 0. The monoisotopic (exact) mass is 318 g/mol. The molecule has 1 N–H and O–H groups in total. The van der Waals surface area contributed by atoms with Gasteiger partial charge in [-0.15, -0.1) is 4.33 Å². The second kappa shape index (κ2) is 6.41. The summed E-state index contributed by atoms with van der Waals surface area (Å²) in [6.45, 7) is 0. The van der Waals surface area contributed by atoms with E-state index in [0.717, 1.165) is 50.0 Å². The molecule has 0 saturated carbocycles. The summed E-state index contributed by atoms with van der Waals surface area (Å²) in [7, 11) is 3.29. The molecule has 5 nitrogen and oxygen atoms in total. The van der Waals surface area contributed by atoms with Gasteiger partial charge in [0, 0.05) is 26.4 Å². The Morgan fingerprint density at radius 3 is 2.00 bits per heavy atom. The quantitative estimate of drug-likeness (QED) is 0.325. The van der Waals surface area contributed by atoms with Crippen molar-refractivity contribution in [2.75, 3.05) is 14.2 Å². The lowest BCUT2D eigenvalue weighted by atomic mass is 10.0. The van der Waals surface area contributed by atoms with Crippen molar-refractivity contribution in [3.05, 3.63) is 42.5 Å². The van der Waals surface area contributed by atoms with Gasteiger partial charge in [0.05, 0.1) is 26.3 Å². The third-order valence-electron chi connectivity index (χ3n) is 3.47. The SMILES string of the molecule is COc1c2ccccc2c(OC)c2cc(SOOO)ccc12. The fourth-order valence-corrected chi connectivity index (χ4v) is 3.02. The minimum Gasteiger partial charge on any atom is -0.495 e. The Bertz CT molecular complexity index is 818. The summed E-state index contributed by atoms with van der Waals surface area (Å²) in [5.74, 6) is 1.56. The number of hydrogen-bond donors (Lipinski definition) is 1. The molecule has 3 aromatic rings. The molecule has 0 atom stereocenters. The Hall–Kier alpha value is -1.99. The molecule has 3 aromatic carbocycles. The van der Waals surface area contributed by atoms with Crippen molar-refractivity contribution in [3.8, 4) is 11.5 Å². The van der Waals surface area contributed by atoms with Crippen LogP contribution in [0.1, 0.15) is 0 Å². The fourth-order valence-electron chi connectivity index (χ4n) is 2.62. The highest BCUT2D eigenvalue weighted by molar-refractivity contribution is 7.94. The number of fused-ring (bicyclic) bond motifs is 2. The Morgan fingerprint density at radius 2 is 1.41 bits per heavy atom. The van der Waals surface area contributed by atoms with E-state index >= 15 is 0 Å². The molecule has 0 amide bonds. The molecule has 0 heterocycles. The first kappa shape index (κ1) is 14.9. The van der Waals surface area contributed by atoms with Crippen LogP contribution in [0.3, 0.4) is 0 Å². The highest BCUT2D eigenvalue weighted by Gasteiger charge is 2.15. The van der Waals surface area contributed by atoms with Gasteiger partial charge in [-0.3, -0.25) is 0 Å². The van der Waals surface area contributed by atoms with Crippen molar-refractivity contribution in [1.29, 1.82) is 0 Å². The van der Waals surface area contributed by atoms with E-state index < -0.39 is 0 Å². The van der Waals surface area contributed by atoms with E-state index in [4.69, 9.17) is 14.7 Å². The third-order valence-corrected chi connectivity index (χ3v) is 4.04. The minimum atomic E-state index is 0.761. The van der Waals surface area contributed by atoms with Gasteiger partial charge in [0.1, 0.15) is 11.5 Å². The van der Waals surface area contributed by atoms with Crippen LogP contribution in [0.2, 0.25) is 0 Å². The molecule has 0 fully saturated rings. The number of methoxy groups -OCH3 is 2. The van der Waals surface area contributed by atoms with Gasteiger partial charge >= 0.3 is 0 Å². The topological polar surface area (TPSA) is 57.2 Å². The Balaban J connectivity index is 2.34. The van der Waals surface area contributed by atoms with Crippen molar-refractivity contribution in [2.24, 2.45) is 0 Å². The zero-order chi connectivity index (χ0) is 15.5. The Kier molecular flexibility index (Phi) is 4.35. The van der Waals surface area contributed by atoms with Crippen LogP contribution >= 0.6 is 12.0 Å². The first-order valence-corrected chi connectivity index (χ1v) is 7.25. The molecule has 0 spiro atoms. The fraction of sp³-hybridized carbons (Fsp3) is 0.125. The van der Waals surface area contributed by atoms with E-state index in [0.29, 0.717) is 0 Å². The molecule has 0 aliphatic heterocycles. The maximum absolute atomic E-state index is 8.28. The summed E-state index contributed by atoms with van der Waals surface area (Å²) in [5.41, 5.74) is 0. The molecule has 0 radical (unpaired) electrons. The molecule has 6 heteroatoms. The molecular formula is C16H14O5S. The lowest BCUT2D eigenvalue weighted by molar-refractivity contribution is -0.432. The van der Waals surface area contributed by atoms with Gasteiger partial charge in [-0.2, -0.15) is 0 Å². The number of rotatable bonds is 5. The average molecular weight is 318 g/mol. The normalized spacial score (nSPS) is 11.0. The molecule has 0 bridgehead atoms. The summed E-state index contributed by atoms with van der Waals surface area (Å²) >= 11 is 0.905. The van der Waals surface area contributed by atoms with E-state index in [9.17, 15) is 0 Å². The van der Waals surface area contributed by atoms with Crippen LogP contribution in [0.15, 0.2) is 47.4 Å². The van der Waals surface area contributed by atoms with Gasteiger partial charge in [-0.05, 0) is 18.2 Å². The second-order valence-corrected chi connectivity index (χ2v) is 5.32. The molecule has 0 aromatic heterocycles. The lowest BCUT2D eigenvalue weighted by Gasteiger charge is -2.15. The van der Waals surface area contributed by atoms with Crippen LogP contribution in [0.25, 0.3) is 21.5 Å². The minimum absolute atomic E-state index is 0.761. The predicted molar refractivity (Wildman–Crippen MR) is 85.2 cm³/mol. The van der Waals surface area contributed by atoms with Crippen LogP contribution in [0, 0.1) is 0 Å². The van der Waals surface area contributed by atoms with Crippen LogP contribution in [0.5, 0.6) is 11.5 Å². The first-order chi connectivity index (χ1) is 10.8. The van der Waals surface area contributed by atoms with Crippen LogP contribution < -0.4 is 9.47 Å². The molecule has 22 heavy (non-hydrogen) atoms. The first-order valence-electron chi connectivity index (χ1n) is 6.51. The van der Waals surface area contributed by atoms with Crippen LogP contribution in [0.4, 0.5) is 0 Å². The third kappa shape index (κ3) is 2.46. The zero-order valence-electron chi connectivity index (χ0n) is 12.0. The lowest BCUT2D eigenvalue weighted by Crippen LogP contribution is -1.93. The van der Waals surface area contributed by atoms with Crippen molar-refractivity contribution in [1.82, 2.24) is 0 Å². The molecule has 0 aliphatic carbocycles. The second-order valence-electron chi connectivity index (χ2n) is 4.55. The number of hydrogen-bond acceptors (Lipinski definition) is 6. The maximum atomic E-state index is 8.28. The largest absolute Gasteiger partial charge is 0.495 e. The molecule has 3 rings (SSSR count). The average Bonchev–Trinajstić information content (AvgIpc) is 2.57. The van der Waals surface area contributed by atoms with E-state index in [1.165, 1.54) is 0 Å². The maximum Gasteiger partial charge on any atom is 0.134 e. The molecule has 0 saturated heterocycles. The molecule has 0 unspecified atom stereocenters. The standard InChI is InChI=1S/C16H14O5S/c1-18-15-11-5-3-4-6-12(11)16(19-2)14-9-10(22-21-20-17)7-8-13(14)15/h3-9,17H,1-2H3. The van der Waals surface area contributed by atoms with E-state index in [1.807, 2.05) is 42.5 Å². The Labute approximate surface area is 131 Å². The highest BCUT2D eigenvalue weighted by atomic mass is 32.2. The summed E-state index contributed by atoms with van der Waals surface area (Å²) in [5, 5.41) is 15.7. The molecular weight excluding hydrogens is 304 g/mol. The van der Waals surface area contributed by atoms with Crippen LogP contribution in [-0.2, 0) is 9.37 Å². The summed E-state index contributed by atoms with van der Waals surface area (Å²) < 4.78 is 15.7. The predicted octanol–water partition coefficient (Wildman–Crippen LogP) is 4.44. The summed E-state index contributed by atoms with van der Waals surface area (Å²) in [4.78, 5) is 0.761. The number of ether oxygens (including phenoxy) is 2. The van der Waals surface area contributed by atoms with Gasteiger partial charge in [0.2, 0.25) is 0 Å². The van der Waals surface area contributed by atoms with E-state index in [-0.39, 0.29) is 0 Å². The Morgan fingerprint density at radius 1 is 0.818 bits per heavy atom. The van der Waals surface area contributed by atoms with Crippen molar-refractivity contribution in [3.63, 3.8) is 0 Å². The molecule has 0 aliphatic rings. The van der Waals surface area contributed by atoms with Crippen LogP contribution in [-0.4, -0.2) is 19.5 Å². The summed E-state index contributed by atoms with van der Waals surface area (Å²) in [6, 6.07) is 13.6. The van der Waals surface area contributed by atoms with Gasteiger partial charge in [0.15, 0.2) is 0 Å². The van der Waals surface area contributed by atoms with Gasteiger partial charge in [0.25, 0.3) is 0 Å². The number of benzene rings is 3. The van der Waals surface area contributed by atoms with E-state index in [1.54, 1.807) is 14.2 Å². The van der Waals surface area contributed by atoms with Crippen molar-refractivity contribution >= 4 is 33.6 Å². The van der Waals surface area contributed by atoms with Gasteiger partial charge in [-0.25, -0.2) is 5.26 Å². The zero-order valence-corrected chi connectivity index (χ0v) is 12.8. The van der Waals surface area contributed by atoms with Gasteiger partial charge in [-0.1, -0.05) is 29.3 Å². The molecule has 114 valence electrons. The van der Waals surface area contributed by atoms with Gasteiger partial charge < -0.3 is 9.47 Å². The van der Waals surface area contributed by atoms with Crippen molar-refractivity contribution in [2.45, 2.75) is 4.90 Å². The van der Waals surface area contributed by atoms with Crippen molar-refractivity contribution < 1.29 is 24.1 Å². The smallest absolute Gasteiger partial charge is 0.134 e. The van der Waals surface area contributed by atoms with E-state index in [2.05, 4.69) is 9.37 Å².